The van der Waals surface area contributed by atoms with Crippen molar-refractivity contribution in [2.75, 3.05) is 0 Å². The normalized spacial score (nSPS) is 12.1. The number of aromatic nitrogens is 4. The standard InChI is InChI=1S/C26H23N5O/c1-18-5-7-21(8-6-18)24-13-14-27-25-23(17-28-31(24)25)26(32)29-19(2)20-9-11-22(12-10-20)30-15-3-4-16-30/h3-17,19H,1-2H3,(H,29,32). The zero-order valence-electron chi connectivity index (χ0n) is 17.9. The van der Waals surface area contributed by atoms with E-state index in [2.05, 4.69) is 34.5 Å². The molecule has 0 fully saturated rings. The largest absolute Gasteiger partial charge is 0.345 e. The van der Waals surface area contributed by atoms with Gasteiger partial charge >= 0.3 is 0 Å². The molecule has 6 heteroatoms. The molecule has 1 unspecified atom stereocenters. The number of fused-ring (bicyclic) bond motifs is 1. The van der Waals surface area contributed by atoms with Crippen LogP contribution in [-0.2, 0) is 0 Å². The van der Waals surface area contributed by atoms with Crippen LogP contribution >= 0.6 is 0 Å². The van der Waals surface area contributed by atoms with Gasteiger partial charge in [0.15, 0.2) is 5.65 Å². The Kier molecular flexibility index (Phi) is 5.03. The number of carbonyl (C=O) groups is 1. The molecule has 3 heterocycles. The summed E-state index contributed by atoms with van der Waals surface area (Å²) in [6.07, 6.45) is 7.30. The summed E-state index contributed by atoms with van der Waals surface area (Å²) in [5.74, 6) is -0.199. The fourth-order valence-electron chi connectivity index (χ4n) is 3.79. The molecule has 0 spiro atoms. The Morgan fingerprint density at radius 1 is 0.969 bits per heavy atom. The summed E-state index contributed by atoms with van der Waals surface area (Å²) in [4.78, 5) is 17.5. The van der Waals surface area contributed by atoms with Crippen LogP contribution in [0.15, 0.2) is 91.5 Å². The lowest BCUT2D eigenvalue weighted by atomic mass is 10.1. The van der Waals surface area contributed by atoms with Crippen LogP contribution in [0.5, 0.6) is 0 Å². The van der Waals surface area contributed by atoms with E-state index in [1.54, 1.807) is 16.9 Å². The van der Waals surface area contributed by atoms with Crippen molar-refractivity contribution in [1.82, 2.24) is 24.5 Å². The maximum absolute atomic E-state index is 13.0. The van der Waals surface area contributed by atoms with Gasteiger partial charge in [-0.25, -0.2) is 9.50 Å². The zero-order chi connectivity index (χ0) is 22.1. The van der Waals surface area contributed by atoms with E-state index in [0.717, 1.165) is 22.5 Å². The molecule has 0 aliphatic heterocycles. The second-order valence-electron chi connectivity index (χ2n) is 7.87. The summed E-state index contributed by atoms with van der Waals surface area (Å²) in [5.41, 5.74) is 6.20. The topological polar surface area (TPSA) is 64.2 Å². The van der Waals surface area contributed by atoms with E-state index < -0.39 is 0 Å². The number of rotatable bonds is 5. The Labute approximate surface area is 186 Å². The fourth-order valence-corrected chi connectivity index (χ4v) is 3.79. The van der Waals surface area contributed by atoms with E-state index in [4.69, 9.17) is 0 Å². The molecular formula is C26H23N5O. The Hall–Kier alpha value is -4.19. The van der Waals surface area contributed by atoms with Gasteiger partial charge in [0.25, 0.3) is 5.91 Å². The zero-order valence-corrected chi connectivity index (χ0v) is 17.9. The first-order valence-corrected chi connectivity index (χ1v) is 10.5. The Bertz CT molecular complexity index is 1370. The van der Waals surface area contributed by atoms with E-state index in [0.29, 0.717) is 11.2 Å². The SMILES string of the molecule is Cc1ccc(-c2ccnc3c(C(=O)NC(C)c4ccc(-n5cccc5)cc4)cnn23)cc1. The molecule has 0 saturated heterocycles. The molecule has 1 N–H and O–H groups in total. The van der Waals surface area contributed by atoms with Crippen LogP contribution in [-0.4, -0.2) is 25.1 Å². The van der Waals surface area contributed by atoms with Gasteiger partial charge in [0.05, 0.1) is 17.9 Å². The Morgan fingerprint density at radius 3 is 2.41 bits per heavy atom. The Balaban J connectivity index is 1.38. The lowest BCUT2D eigenvalue weighted by Gasteiger charge is -2.15. The summed E-state index contributed by atoms with van der Waals surface area (Å²) in [5, 5.41) is 7.52. The number of aryl methyl sites for hydroxylation is 1. The second kappa shape index (κ2) is 8.15. The first kappa shape index (κ1) is 19.8. The lowest BCUT2D eigenvalue weighted by Crippen LogP contribution is -2.26. The molecule has 0 bridgehead atoms. The van der Waals surface area contributed by atoms with Crippen molar-refractivity contribution in [3.8, 4) is 16.9 Å². The fraction of sp³-hybridized carbons (Fsp3) is 0.115. The van der Waals surface area contributed by atoms with Gasteiger partial charge in [0.1, 0.15) is 5.56 Å². The smallest absolute Gasteiger partial charge is 0.257 e. The van der Waals surface area contributed by atoms with Crippen LogP contribution in [0.4, 0.5) is 0 Å². The third-order valence-electron chi connectivity index (χ3n) is 5.64. The van der Waals surface area contributed by atoms with Crippen LogP contribution in [0.2, 0.25) is 0 Å². The van der Waals surface area contributed by atoms with E-state index in [9.17, 15) is 4.79 Å². The summed E-state index contributed by atoms with van der Waals surface area (Å²) in [6.45, 7) is 4.02. The molecule has 158 valence electrons. The molecule has 6 nitrogen and oxygen atoms in total. The van der Waals surface area contributed by atoms with Gasteiger partial charge in [-0.15, -0.1) is 0 Å². The average Bonchev–Trinajstić information content (AvgIpc) is 3.50. The molecule has 5 rings (SSSR count). The monoisotopic (exact) mass is 421 g/mol. The molecule has 5 aromatic rings. The molecule has 3 aromatic heterocycles. The first-order valence-electron chi connectivity index (χ1n) is 10.5. The van der Waals surface area contributed by atoms with Crippen molar-refractivity contribution in [3.63, 3.8) is 0 Å². The van der Waals surface area contributed by atoms with Crippen LogP contribution in [0.25, 0.3) is 22.6 Å². The van der Waals surface area contributed by atoms with E-state index >= 15 is 0 Å². The van der Waals surface area contributed by atoms with Crippen LogP contribution in [0, 0.1) is 6.92 Å². The minimum atomic E-state index is -0.199. The molecule has 0 saturated carbocycles. The molecule has 0 radical (unpaired) electrons. The van der Waals surface area contributed by atoms with Crippen molar-refractivity contribution >= 4 is 11.6 Å². The predicted molar refractivity (Wildman–Crippen MR) is 125 cm³/mol. The molecule has 1 atom stereocenters. The van der Waals surface area contributed by atoms with Gasteiger partial charge in [0, 0.05) is 29.8 Å². The van der Waals surface area contributed by atoms with Gasteiger partial charge < -0.3 is 9.88 Å². The maximum atomic E-state index is 13.0. The predicted octanol–water partition coefficient (Wildman–Crippen LogP) is 4.99. The molecule has 2 aromatic carbocycles. The van der Waals surface area contributed by atoms with Crippen LogP contribution in [0.1, 0.15) is 34.5 Å². The minimum absolute atomic E-state index is 0.156. The van der Waals surface area contributed by atoms with Gasteiger partial charge in [-0.05, 0) is 49.7 Å². The highest BCUT2D eigenvalue weighted by Gasteiger charge is 2.18. The summed E-state index contributed by atoms with van der Waals surface area (Å²) in [7, 11) is 0. The highest BCUT2D eigenvalue weighted by atomic mass is 16.1. The third-order valence-corrected chi connectivity index (χ3v) is 5.64. The number of nitrogens with one attached hydrogen (secondary N) is 1. The summed E-state index contributed by atoms with van der Waals surface area (Å²) < 4.78 is 3.76. The van der Waals surface area contributed by atoms with Gasteiger partial charge in [-0.2, -0.15) is 5.10 Å². The van der Waals surface area contributed by atoms with Crippen molar-refractivity contribution in [3.05, 3.63) is 108 Å². The number of benzene rings is 2. The maximum Gasteiger partial charge on any atom is 0.257 e. The van der Waals surface area contributed by atoms with E-state index in [1.807, 2.05) is 78.5 Å². The summed E-state index contributed by atoms with van der Waals surface area (Å²) >= 11 is 0. The van der Waals surface area contributed by atoms with E-state index in [-0.39, 0.29) is 11.9 Å². The third kappa shape index (κ3) is 3.67. The first-order chi connectivity index (χ1) is 15.6. The van der Waals surface area contributed by atoms with Crippen LogP contribution in [0.3, 0.4) is 0 Å². The van der Waals surface area contributed by atoms with Gasteiger partial charge in [0.2, 0.25) is 0 Å². The highest BCUT2D eigenvalue weighted by Crippen LogP contribution is 2.22. The quantitative estimate of drug-likeness (QED) is 0.435. The average molecular weight is 422 g/mol. The van der Waals surface area contributed by atoms with Crippen molar-refractivity contribution in [2.45, 2.75) is 19.9 Å². The van der Waals surface area contributed by atoms with Crippen molar-refractivity contribution < 1.29 is 4.79 Å². The number of nitrogens with zero attached hydrogens (tertiary/aromatic N) is 4. The number of hydrogen-bond donors (Lipinski definition) is 1. The van der Waals surface area contributed by atoms with Crippen LogP contribution < -0.4 is 5.32 Å². The molecule has 1 amide bonds. The Morgan fingerprint density at radius 2 is 1.69 bits per heavy atom. The summed E-state index contributed by atoms with van der Waals surface area (Å²) in [6, 6.07) is 22.1. The highest BCUT2D eigenvalue weighted by molar-refractivity contribution is 6.00. The van der Waals surface area contributed by atoms with Crippen molar-refractivity contribution in [1.29, 1.82) is 0 Å². The molecule has 32 heavy (non-hydrogen) atoms. The molecule has 0 aliphatic carbocycles. The lowest BCUT2D eigenvalue weighted by molar-refractivity contribution is 0.0941. The van der Waals surface area contributed by atoms with Crippen molar-refractivity contribution in [2.24, 2.45) is 0 Å². The van der Waals surface area contributed by atoms with Gasteiger partial charge in [-0.1, -0.05) is 42.0 Å². The molecular weight excluding hydrogens is 398 g/mol. The minimum Gasteiger partial charge on any atom is -0.345 e. The van der Waals surface area contributed by atoms with Gasteiger partial charge in [-0.3, -0.25) is 4.79 Å². The molecule has 0 aliphatic rings. The second-order valence-corrected chi connectivity index (χ2v) is 7.87. The number of hydrogen-bond acceptors (Lipinski definition) is 3. The van der Waals surface area contributed by atoms with E-state index in [1.165, 1.54) is 5.56 Å². The number of amides is 1. The number of carbonyl (C=O) groups excluding carboxylic acids is 1.